The quantitative estimate of drug-likeness (QED) is 0.801. The summed E-state index contributed by atoms with van der Waals surface area (Å²) in [6.45, 7) is 0. The average molecular weight is 235 g/mol. The van der Waals surface area contributed by atoms with E-state index in [9.17, 15) is 0 Å². The number of pyridine rings is 1. The minimum Gasteiger partial charge on any atom is -0.562 e. The van der Waals surface area contributed by atoms with Gasteiger partial charge in [0, 0.05) is 45.1 Å². The van der Waals surface area contributed by atoms with Crippen LogP contribution in [0.2, 0.25) is 0 Å². The second-order valence-electron chi connectivity index (χ2n) is 2.35. The first-order valence-electron chi connectivity index (χ1n) is 3.49. The van der Waals surface area contributed by atoms with Crippen LogP contribution in [-0.4, -0.2) is 4.98 Å². The molecule has 0 aliphatic carbocycles. The van der Waals surface area contributed by atoms with Crippen molar-refractivity contribution in [2.75, 3.05) is 0 Å². The normalized spacial score (nSPS) is 19.8. The summed E-state index contributed by atoms with van der Waals surface area (Å²) >= 11 is 0. The molecule has 59 valence electrons. The Morgan fingerprint density at radius 1 is 1.50 bits per heavy atom. The fourth-order valence-electron chi connectivity index (χ4n) is 1.04. The molecule has 1 atom stereocenters. The van der Waals surface area contributed by atoms with Gasteiger partial charge in [0.05, 0.1) is 0 Å². The molecule has 1 unspecified atom stereocenters. The molecule has 0 saturated heterocycles. The van der Waals surface area contributed by atoms with Crippen molar-refractivity contribution in [2.24, 2.45) is 0 Å². The van der Waals surface area contributed by atoms with Gasteiger partial charge in [0.2, 0.25) is 0 Å². The van der Waals surface area contributed by atoms with Crippen molar-refractivity contribution in [3.63, 3.8) is 0 Å². The van der Waals surface area contributed by atoms with Crippen LogP contribution < -0.4 is 5.43 Å². The van der Waals surface area contributed by atoms with Crippen LogP contribution >= 0.6 is 0 Å². The number of aromatic nitrogens is 1. The van der Waals surface area contributed by atoms with E-state index in [-0.39, 0.29) is 38.8 Å². The van der Waals surface area contributed by atoms with E-state index in [4.69, 9.17) is 0 Å². The SMILES string of the molecule is C1=CC(c2cccnc2)[N-]N1.[Y]. The summed E-state index contributed by atoms with van der Waals surface area (Å²) in [6.07, 6.45) is 7.41. The molecule has 0 spiro atoms. The van der Waals surface area contributed by atoms with E-state index in [0.717, 1.165) is 5.56 Å². The third-order valence-corrected chi connectivity index (χ3v) is 1.59. The molecule has 0 aromatic carbocycles. The Morgan fingerprint density at radius 2 is 2.42 bits per heavy atom. The first-order chi connectivity index (χ1) is 5.47. The molecular weight excluding hydrogens is 227 g/mol. The van der Waals surface area contributed by atoms with Gasteiger partial charge in [-0.2, -0.15) is 0 Å². The molecule has 1 aliphatic rings. The maximum Gasteiger partial charge on any atom is 0.0288 e. The van der Waals surface area contributed by atoms with E-state index < -0.39 is 0 Å². The number of nitrogens with zero attached hydrogens (tertiary/aromatic N) is 2. The minimum absolute atomic E-state index is 0. The Kier molecular flexibility index (Phi) is 3.85. The zero-order valence-corrected chi connectivity index (χ0v) is 9.35. The number of nitrogens with one attached hydrogen (secondary N) is 1. The van der Waals surface area contributed by atoms with Crippen LogP contribution in [0.15, 0.2) is 36.8 Å². The Balaban J connectivity index is 0.000000720. The third kappa shape index (κ3) is 2.13. The van der Waals surface area contributed by atoms with E-state index in [1.807, 2.05) is 30.6 Å². The molecule has 2 rings (SSSR count). The Bertz CT molecular complexity index is 260. The number of hydrogen-bond acceptors (Lipinski definition) is 2. The molecule has 12 heavy (non-hydrogen) atoms. The molecule has 1 aromatic rings. The predicted octanol–water partition coefficient (Wildman–Crippen LogP) is 1.53. The van der Waals surface area contributed by atoms with Crippen LogP contribution in [0.3, 0.4) is 0 Å². The largest absolute Gasteiger partial charge is 0.562 e. The molecule has 0 saturated carbocycles. The molecule has 0 bridgehead atoms. The van der Waals surface area contributed by atoms with Gasteiger partial charge in [0.1, 0.15) is 0 Å². The maximum atomic E-state index is 4.10. The van der Waals surface area contributed by atoms with Crippen LogP contribution in [-0.2, 0) is 32.7 Å². The third-order valence-electron chi connectivity index (χ3n) is 1.59. The Morgan fingerprint density at radius 3 is 3.00 bits per heavy atom. The van der Waals surface area contributed by atoms with E-state index in [0.29, 0.717) is 0 Å². The molecule has 4 heteroatoms. The smallest absolute Gasteiger partial charge is 0.0288 e. The van der Waals surface area contributed by atoms with Crippen molar-refractivity contribution in [2.45, 2.75) is 6.04 Å². The van der Waals surface area contributed by atoms with Crippen LogP contribution in [0, 0.1) is 0 Å². The van der Waals surface area contributed by atoms with E-state index in [1.165, 1.54) is 0 Å². The summed E-state index contributed by atoms with van der Waals surface area (Å²) in [5.74, 6) is 0. The second-order valence-corrected chi connectivity index (χ2v) is 2.35. The number of rotatable bonds is 1. The molecule has 1 aliphatic heterocycles. The summed E-state index contributed by atoms with van der Waals surface area (Å²) in [5.41, 5.74) is 8.01. The van der Waals surface area contributed by atoms with Crippen LogP contribution in [0.4, 0.5) is 0 Å². The molecular formula is C8H8N3Y-. The maximum absolute atomic E-state index is 4.10. The number of hydrogen-bond donors (Lipinski definition) is 1. The van der Waals surface area contributed by atoms with Crippen molar-refractivity contribution in [3.8, 4) is 0 Å². The van der Waals surface area contributed by atoms with Crippen molar-refractivity contribution in [1.29, 1.82) is 0 Å². The Labute approximate surface area is 96.5 Å². The average Bonchev–Trinajstić information content (AvgIpc) is 2.58. The van der Waals surface area contributed by atoms with Crippen LogP contribution in [0.25, 0.3) is 5.43 Å². The monoisotopic (exact) mass is 235 g/mol. The van der Waals surface area contributed by atoms with Crippen LogP contribution in [0.1, 0.15) is 11.6 Å². The summed E-state index contributed by atoms with van der Waals surface area (Å²) < 4.78 is 0. The topological polar surface area (TPSA) is 39.0 Å². The first kappa shape index (κ1) is 9.84. The van der Waals surface area contributed by atoms with Gasteiger partial charge in [-0.1, -0.05) is 18.2 Å². The van der Waals surface area contributed by atoms with Gasteiger partial charge >= 0.3 is 0 Å². The standard InChI is InChI=1S/C8H8N3.Y/c1-2-7(6-9-4-1)8-3-5-10-11-8;/h1-6,8,10H;/q-1;. The van der Waals surface area contributed by atoms with E-state index >= 15 is 0 Å². The summed E-state index contributed by atoms with van der Waals surface area (Å²) in [5, 5.41) is 0. The second kappa shape index (κ2) is 4.70. The van der Waals surface area contributed by atoms with Gasteiger partial charge in [-0.05, 0) is 17.8 Å². The molecule has 0 fully saturated rings. The zero-order chi connectivity index (χ0) is 7.52. The van der Waals surface area contributed by atoms with E-state index in [1.54, 1.807) is 6.20 Å². The zero-order valence-electron chi connectivity index (χ0n) is 6.51. The van der Waals surface area contributed by atoms with Gasteiger partial charge < -0.3 is 10.9 Å². The molecule has 2 heterocycles. The summed E-state index contributed by atoms with van der Waals surface area (Å²) in [4.78, 5) is 4.01. The molecule has 1 radical (unpaired) electrons. The van der Waals surface area contributed by atoms with Gasteiger partial charge in [-0.3, -0.25) is 4.98 Å². The summed E-state index contributed by atoms with van der Waals surface area (Å²) in [7, 11) is 0. The van der Waals surface area contributed by atoms with Gasteiger partial charge in [0.15, 0.2) is 0 Å². The molecule has 1 aromatic heterocycles. The summed E-state index contributed by atoms with van der Waals surface area (Å²) in [6, 6.07) is 4.07. The molecule has 1 N–H and O–H groups in total. The van der Waals surface area contributed by atoms with Crippen molar-refractivity contribution in [3.05, 3.63) is 47.8 Å². The van der Waals surface area contributed by atoms with Gasteiger partial charge in [-0.15, -0.1) is 0 Å². The molecule has 0 amide bonds. The van der Waals surface area contributed by atoms with E-state index in [2.05, 4.69) is 15.8 Å². The van der Waals surface area contributed by atoms with Gasteiger partial charge in [0.25, 0.3) is 0 Å². The molecule has 3 nitrogen and oxygen atoms in total. The van der Waals surface area contributed by atoms with Crippen molar-refractivity contribution < 1.29 is 32.7 Å². The minimum atomic E-state index is 0. The Hall–Kier alpha value is -0.246. The fourth-order valence-corrected chi connectivity index (χ4v) is 1.04. The fraction of sp³-hybridized carbons (Fsp3) is 0.125. The first-order valence-corrected chi connectivity index (χ1v) is 3.49. The van der Waals surface area contributed by atoms with Gasteiger partial charge in [-0.25, -0.2) is 0 Å². The predicted molar refractivity (Wildman–Crippen MR) is 42.6 cm³/mol. The van der Waals surface area contributed by atoms with Crippen LogP contribution in [0.5, 0.6) is 0 Å². The van der Waals surface area contributed by atoms with Crippen molar-refractivity contribution >= 4 is 0 Å². The van der Waals surface area contributed by atoms with Crippen molar-refractivity contribution in [1.82, 2.24) is 10.4 Å².